The van der Waals surface area contributed by atoms with Gasteiger partial charge in [0.25, 0.3) is 5.91 Å². The van der Waals surface area contributed by atoms with E-state index < -0.39 is 17.8 Å². The zero-order chi connectivity index (χ0) is 18.3. The maximum absolute atomic E-state index is 12.7. The summed E-state index contributed by atoms with van der Waals surface area (Å²) in [6.07, 6.45) is 0.970. The molecule has 2 heterocycles. The van der Waals surface area contributed by atoms with Crippen LogP contribution < -0.4 is 16.2 Å². The Morgan fingerprint density at radius 1 is 1.44 bits per heavy atom. The topological polar surface area (TPSA) is 103 Å². The first-order chi connectivity index (χ1) is 11.8. The van der Waals surface area contributed by atoms with E-state index in [0.717, 1.165) is 14.5 Å². The van der Waals surface area contributed by atoms with Crippen molar-refractivity contribution >= 4 is 61.4 Å². The predicted molar refractivity (Wildman–Crippen MR) is 102 cm³/mol. The average molecular weight is 495 g/mol. The summed E-state index contributed by atoms with van der Waals surface area (Å²) in [6, 6.07) is 3.64. The number of carbonyl (C=O) groups is 1. The van der Waals surface area contributed by atoms with Gasteiger partial charge in [0.15, 0.2) is 17.9 Å². The molecule has 0 spiro atoms. The van der Waals surface area contributed by atoms with Gasteiger partial charge in [0, 0.05) is 6.42 Å². The lowest BCUT2D eigenvalue weighted by Crippen LogP contribution is -2.37. The van der Waals surface area contributed by atoms with Gasteiger partial charge in [-0.2, -0.15) is 0 Å². The van der Waals surface area contributed by atoms with E-state index in [-0.39, 0.29) is 17.6 Å². The molecule has 2 fully saturated rings. The number of nitrogens with two attached hydrogens (primary N) is 2. The highest BCUT2D eigenvalue weighted by Gasteiger charge is 2.51. The van der Waals surface area contributed by atoms with E-state index in [1.807, 2.05) is 12.1 Å². The summed E-state index contributed by atoms with van der Waals surface area (Å²) in [5.41, 5.74) is 11.6. The number of alkyl halides is 1. The molecule has 0 bridgehead atoms. The summed E-state index contributed by atoms with van der Waals surface area (Å²) in [5, 5.41) is -0.391. The molecule has 3 unspecified atom stereocenters. The number of hydrogen-bond donors (Lipinski definition) is 2. The van der Waals surface area contributed by atoms with Gasteiger partial charge in [-0.25, -0.2) is 4.99 Å². The van der Waals surface area contributed by atoms with Crippen molar-refractivity contribution in [2.45, 2.75) is 24.2 Å². The summed E-state index contributed by atoms with van der Waals surface area (Å²) in [6.45, 7) is 0. The van der Waals surface area contributed by atoms with Crippen molar-refractivity contribution in [3.63, 3.8) is 0 Å². The maximum atomic E-state index is 12.7. The van der Waals surface area contributed by atoms with Gasteiger partial charge in [0.1, 0.15) is 11.9 Å². The van der Waals surface area contributed by atoms with Crippen LogP contribution in [0.4, 0.5) is 0 Å². The molecule has 3 rings (SSSR count). The Bertz CT molecular complexity index is 759. The largest absolute Gasteiger partial charge is 0.494 e. The third-order valence-electron chi connectivity index (χ3n) is 3.85. The minimum absolute atomic E-state index is 0.0947. The molecule has 3 atom stereocenters. The summed E-state index contributed by atoms with van der Waals surface area (Å²) in [7, 11) is 1.57. The number of benzene rings is 1. The van der Waals surface area contributed by atoms with Crippen molar-refractivity contribution in [3.05, 3.63) is 32.4 Å². The highest BCUT2D eigenvalue weighted by molar-refractivity contribution is 9.11. The number of aliphatic imine (C=N–C) groups is 1. The van der Waals surface area contributed by atoms with Crippen LogP contribution in [0.15, 0.2) is 31.8 Å². The molecule has 4 N–H and O–H groups in total. The smallest absolute Gasteiger partial charge is 0.293 e. The summed E-state index contributed by atoms with van der Waals surface area (Å²) < 4.78 is 12.5. The first-order valence-electron chi connectivity index (χ1n) is 7.28. The number of methoxy groups -OCH3 is 1. The van der Waals surface area contributed by atoms with Crippen LogP contribution >= 0.6 is 43.5 Å². The predicted octanol–water partition coefficient (Wildman–Crippen LogP) is 2.36. The molecule has 7 nitrogen and oxygen atoms in total. The number of nitrogens with zero attached hydrogens (tertiary/aromatic N) is 2. The van der Waals surface area contributed by atoms with Crippen molar-refractivity contribution in [1.82, 2.24) is 4.90 Å². The first kappa shape index (κ1) is 18.3. The molecule has 134 valence electrons. The van der Waals surface area contributed by atoms with Crippen molar-refractivity contribution in [3.8, 4) is 5.75 Å². The molecule has 1 aromatic carbocycles. The zero-order valence-corrected chi connectivity index (χ0v) is 17.0. The van der Waals surface area contributed by atoms with E-state index in [0.29, 0.717) is 12.2 Å². The Balaban J connectivity index is 1.92. The van der Waals surface area contributed by atoms with E-state index >= 15 is 0 Å². The Morgan fingerprint density at radius 3 is 2.64 bits per heavy atom. The standard InChI is InChI=1S/C15H15Br2ClN4O3/c1-24-12-7(16)2-6(3-8(12)17)4-10-13(23)22-11(21-15(19)20)5-9(18)14(22)25-10/h2-4,9,11,14H,5H2,1H3,(H4,19,20,21). The van der Waals surface area contributed by atoms with Gasteiger partial charge in [-0.05, 0) is 55.6 Å². The van der Waals surface area contributed by atoms with Crippen LogP contribution in [-0.2, 0) is 9.53 Å². The van der Waals surface area contributed by atoms with E-state index in [1.165, 1.54) is 4.90 Å². The van der Waals surface area contributed by atoms with Gasteiger partial charge in [-0.3, -0.25) is 9.69 Å². The molecule has 1 aromatic rings. The number of fused-ring (bicyclic) bond motifs is 1. The highest BCUT2D eigenvalue weighted by atomic mass is 79.9. The van der Waals surface area contributed by atoms with Crippen LogP contribution in [0.2, 0.25) is 0 Å². The number of amides is 1. The Morgan fingerprint density at radius 2 is 2.08 bits per heavy atom. The van der Waals surface area contributed by atoms with Crippen LogP contribution in [0.1, 0.15) is 12.0 Å². The van der Waals surface area contributed by atoms with Crippen LogP contribution in [0.25, 0.3) is 6.08 Å². The highest BCUT2D eigenvalue weighted by Crippen LogP contribution is 2.39. The van der Waals surface area contributed by atoms with Crippen molar-refractivity contribution in [2.75, 3.05) is 7.11 Å². The number of halogens is 3. The van der Waals surface area contributed by atoms with E-state index in [1.54, 1.807) is 13.2 Å². The summed E-state index contributed by atoms with van der Waals surface area (Å²) in [5.74, 6) is 0.458. The number of guanidine groups is 1. The second kappa shape index (κ2) is 7.05. The summed E-state index contributed by atoms with van der Waals surface area (Å²) >= 11 is 13.1. The third kappa shape index (κ3) is 3.45. The molecule has 25 heavy (non-hydrogen) atoms. The fourth-order valence-electron chi connectivity index (χ4n) is 2.86. The molecule has 1 amide bonds. The van der Waals surface area contributed by atoms with E-state index in [4.69, 9.17) is 32.5 Å². The molecule has 10 heteroatoms. The minimum Gasteiger partial charge on any atom is -0.494 e. The second-order valence-corrected chi connectivity index (χ2v) is 7.80. The second-order valence-electron chi connectivity index (χ2n) is 5.53. The van der Waals surface area contributed by atoms with Crippen LogP contribution in [0, 0.1) is 0 Å². The van der Waals surface area contributed by atoms with Crippen molar-refractivity contribution in [1.29, 1.82) is 0 Å². The van der Waals surface area contributed by atoms with E-state index in [9.17, 15) is 4.79 Å². The molecule has 0 radical (unpaired) electrons. The monoisotopic (exact) mass is 492 g/mol. The average Bonchev–Trinajstić information content (AvgIpc) is 2.98. The van der Waals surface area contributed by atoms with Gasteiger partial charge in [-0.15, -0.1) is 11.6 Å². The van der Waals surface area contributed by atoms with Gasteiger partial charge in [0.2, 0.25) is 0 Å². The van der Waals surface area contributed by atoms with Crippen molar-refractivity contribution < 1.29 is 14.3 Å². The van der Waals surface area contributed by atoms with Crippen LogP contribution in [-0.4, -0.2) is 41.6 Å². The molecule has 0 aromatic heterocycles. The lowest BCUT2D eigenvalue weighted by Gasteiger charge is -2.17. The lowest BCUT2D eigenvalue weighted by atomic mass is 10.2. The SMILES string of the molecule is COc1c(Br)cc(C=C2OC3C(Cl)CC(N=C(N)N)N3C2=O)cc1Br. The zero-order valence-electron chi connectivity index (χ0n) is 13.1. The molecular formula is C15H15Br2ClN4O3. The maximum Gasteiger partial charge on any atom is 0.293 e. The molecule has 0 aliphatic carbocycles. The fourth-order valence-corrected chi connectivity index (χ4v) is 4.73. The number of hydrogen-bond acceptors (Lipinski definition) is 4. The van der Waals surface area contributed by atoms with Crippen LogP contribution in [0.3, 0.4) is 0 Å². The first-order valence-corrected chi connectivity index (χ1v) is 9.31. The Kier molecular flexibility index (Phi) is 5.17. The number of ether oxygens (including phenoxy) is 2. The number of carbonyl (C=O) groups excluding carboxylic acids is 1. The molecule has 2 aliphatic heterocycles. The normalized spacial score (nSPS) is 26.6. The molecule has 2 saturated heterocycles. The number of rotatable bonds is 3. The Labute approximate surface area is 166 Å². The Hall–Kier alpha value is -1.45. The molecule has 2 aliphatic rings. The quantitative estimate of drug-likeness (QED) is 0.291. The van der Waals surface area contributed by atoms with E-state index in [2.05, 4.69) is 36.9 Å². The van der Waals surface area contributed by atoms with Gasteiger partial charge >= 0.3 is 0 Å². The van der Waals surface area contributed by atoms with Gasteiger partial charge in [0.05, 0.1) is 21.4 Å². The van der Waals surface area contributed by atoms with Crippen LogP contribution in [0.5, 0.6) is 5.75 Å². The molecule has 0 saturated carbocycles. The summed E-state index contributed by atoms with van der Waals surface area (Å²) in [4.78, 5) is 18.2. The fraction of sp³-hybridized carbons (Fsp3) is 0.333. The lowest BCUT2D eigenvalue weighted by molar-refractivity contribution is -0.126. The van der Waals surface area contributed by atoms with Gasteiger partial charge in [-0.1, -0.05) is 0 Å². The molecular weight excluding hydrogens is 479 g/mol. The van der Waals surface area contributed by atoms with Gasteiger partial charge < -0.3 is 20.9 Å². The minimum atomic E-state index is -0.585. The van der Waals surface area contributed by atoms with Crippen molar-refractivity contribution in [2.24, 2.45) is 16.5 Å². The third-order valence-corrected chi connectivity index (χ3v) is 5.43.